The molecule has 0 saturated carbocycles. The molecule has 0 spiro atoms. The molecule has 0 fully saturated rings. The highest BCUT2D eigenvalue weighted by Crippen LogP contribution is 2.22. The average Bonchev–Trinajstić information content (AvgIpc) is 3.09. The Hall–Kier alpha value is -2.44. The van der Waals surface area contributed by atoms with E-state index in [9.17, 15) is 4.79 Å². The molecule has 1 unspecified atom stereocenters. The summed E-state index contributed by atoms with van der Waals surface area (Å²) < 4.78 is 10.6. The van der Waals surface area contributed by atoms with E-state index in [0.717, 1.165) is 22.2 Å². The molecule has 0 aliphatic rings. The first kappa shape index (κ1) is 17.4. The summed E-state index contributed by atoms with van der Waals surface area (Å²) in [5.41, 5.74) is 1.94. The molecular weight excluding hydrogens is 334 g/mol. The number of hydrogen-bond acceptors (Lipinski definition) is 4. The Morgan fingerprint density at radius 1 is 1.28 bits per heavy atom. The van der Waals surface area contributed by atoms with Gasteiger partial charge in [0.25, 0.3) is 0 Å². The van der Waals surface area contributed by atoms with Crippen LogP contribution in [-0.4, -0.2) is 42.1 Å². The third-order valence-corrected chi connectivity index (χ3v) is 4.92. The number of urea groups is 1. The summed E-state index contributed by atoms with van der Waals surface area (Å²) in [5.74, 6) is 0. The van der Waals surface area contributed by atoms with Crippen molar-refractivity contribution in [3.63, 3.8) is 0 Å². The molecule has 0 saturated heterocycles. The van der Waals surface area contributed by atoms with Crippen LogP contribution in [0.2, 0.25) is 0 Å². The van der Waals surface area contributed by atoms with Crippen LogP contribution in [-0.2, 0) is 11.2 Å². The lowest BCUT2D eigenvalue weighted by molar-refractivity contribution is 0.120. The molecule has 0 aliphatic heterocycles. The molecule has 1 aromatic heterocycles. The minimum Gasteiger partial charge on any atom is -0.383 e. The number of likely N-dealkylation sites (N-methyl/N-ethyl adjacent to an activating group) is 1. The van der Waals surface area contributed by atoms with Crippen molar-refractivity contribution in [3.8, 4) is 0 Å². The zero-order chi connectivity index (χ0) is 17.6. The Bertz CT molecular complexity index is 835. The van der Waals surface area contributed by atoms with E-state index in [2.05, 4.69) is 21.8 Å². The van der Waals surface area contributed by atoms with E-state index in [0.29, 0.717) is 6.61 Å². The predicted molar refractivity (Wildman–Crippen MR) is 102 cm³/mol. The normalized spacial score (nSPS) is 12.1. The van der Waals surface area contributed by atoms with Crippen LogP contribution in [0.15, 0.2) is 54.7 Å². The van der Waals surface area contributed by atoms with Gasteiger partial charge in [0.15, 0.2) is 0 Å². The van der Waals surface area contributed by atoms with Crippen molar-refractivity contribution < 1.29 is 9.53 Å². The van der Waals surface area contributed by atoms with Gasteiger partial charge in [-0.2, -0.15) is 4.37 Å². The Balaban J connectivity index is 1.69. The van der Waals surface area contributed by atoms with Crippen LogP contribution in [0.1, 0.15) is 5.56 Å². The molecule has 2 amide bonds. The van der Waals surface area contributed by atoms with Gasteiger partial charge >= 0.3 is 6.03 Å². The molecule has 130 valence electrons. The molecule has 5 nitrogen and oxygen atoms in total. The van der Waals surface area contributed by atoms with Gasteiger partial charge in [-0.25, -0.2) is 4.79 Å². The van der Waals surface area contributed by atoms with Gasteiger partial charge in [-0.1, -0.05) is 30.3 Å². The van der Waals surface area contributed by atoms with E-state index in [1.807, 2.05) is 42.6 Å². The number of carbonyl (C=O) groups excluding carboxylic acids is 1. The molecule has 3 rings (SSSR count). The number of aromatic nitrogens is 1. The molecule has 1 N–H and O–H groups in total. The zero-order valence-corrected chi connectivity index (χ0v) is 15.1. The molecule has 1 atom stereocenters. The summed E-state index contributed by atoms with van der Waals surface area (Å²) in [7, 11) is 3.45. The predicted octanol–water partition coefficient (Wildman–Crippen LogP) is 4.02. The summed E-state index contributed by atoms with van der Waals surface area (Å²) in [6, 6.07) is 15.7. The van der Waals surface area contributed by atoms with Gasteiger partial charge < -0.3 is 15.0 Å². The molecule has 25 heavy (non-hydrogen) atoms. The lowest BCUT2D eigenvalue weighted by Gasteiger charge is -2.28. The Labute approximate surface area is 151 Å². The maximum atomic E-state index is 12.6. The minimum atomic E-state index is -0.152. The number of rotatable bonds is 6. The smallest absolute Gasteiger partial charge is 0.321 e. The SMILES string of the molecule is COCC(Cc1ccccc1)N(C)C(=O)Nc1ccc2sncc2c1. The third-order valence-electron chi connectivity index (χ3n) is 4.15. The molecular formula is C19H21N3O2S. The summed E-state index contributed by atoms with van der Waals surface area (Å²) in [5, 5.41) is 3.99. The topological polar surface area (TPSA) is 54.5 Å². The fourth-order valence-corrected chi connectivity index (χ4v) is 3.34. The third kappa shape index (κ3) is 4.35. The largest absolute Gasteiger partial charge is 0.383 e. The summed E-state index contributed by atoms with van der Waals surface area (Å²) >= 11 is 1.44. The van der Waals surface area contributed by atoms with Crippen LogP contribution in [0.4, 0.5) is 10.5 Å². The highest BCUT2D eigenvalue weighted by atomic mass is 32.1. The second kappa shape index (κ2) is 8.09. The molecule has 3 aromatic rings. The number of nitrogens with one attached hydrogen (secondary N) is 1. The maximum Gasteiger partial charge on any atom is 0.321 e. The molecule has 0 aliphatic carbocycles. The average molecular weight is 355 g/mol. The van der Waals surface area contributed by atoms with Crippen molar-refractivity contribution >= 4 is 33.3 Å². The van der Waals surface area contributed by atoms with Crippen molar-refractivity contribution in [2.24, 2.45) is 0 Å². The highest BCUT2D eigenvalue weighted by molar-refractivity contribution is 7.13. The summed E-state index contributed by atoms with van der Waals surface area (Å²) in [4.78, 5) is 14.3. The number of hydrogen-bond donors (Lipinski definition) is 1. The van der Waals surface area contributed by atoms with Gasteiger partial charge in [0.1, 0.15) is 0 Å². The van der Waals surface area contributed by atoms with Crippen molar-refractivity contribution in [3.05, 3.63) is 60.3 Å². The van der Waals surface area contributed by atoms with Gasteiger partial charge in [0, 0.05) is 31.4 Å². The van der Waals surface area contributed by atoms with Crippen LogP contribution in [0.25, 0.3) is 10.1 Å². The van der Waals surface area contributed by atoms with E-state index in [4.69, 9.17) is 4.74 Å². The number of benzene rings is 2. The van der Waals surface area contributed by atoms with Crippen LogP contribution < -0.4 is 5.32 Å². The first-order valence-corrected chi connectivity index (χ1v) is 8.86. The van der Waals surface area contributed by atoms with Crippen LogP contribution in [0, 0.1) is 0 Å². The van der Waals surface area contributed by atoms with E-state index >= 15 is 0 Å². The standard InChI is InChI=1S/C19H21N3O2S/c1-22(17(13-24-2)10-14-6-4-3-5-7-14)19(23)21-16-8-9-18-15(11-16)12-20-25-18/h3-9,11-12,17H,10,13H2,1-2H3,(H,21,23). The molecule has 6 heteroatoms. The molecule has 2 aromatic carbocycles. The van der Waals surface area contributed by atoms with Crippen molar-refractivity contribution in [2.45, 2.75) is 12.5 Å². The number of methoxy groups -OCH3 is 1. The van der Waals surface area contributed by atoms with Crippen molar-refractivity contribution in [2.75, 3.05) is 26.1 Å². The number of amides is 2. The number of ether oxygens (including phenoxy) is 1. The van der Waals surface area contributed by atoms with E-state index in [1.54, 1.807) is 19.1 Å². The monoisotopic (exact) mass is 355 g/mol. The van der Waals surface area contributed by atoms with Crippen LogP contribution >= 0.6 is 11.5 Å². The van der Waals surface area contributed by atoms with E-state index < -0.39 is 0 Å². The Morgan fingerprint density at radius 3 is 2.84 bits per heavy atom. The summed E-state index contributed by atoms with van der Waals surface area (Å²) in [6.07, 6.45) is 2.55. The van der Waals surface area contributed by atoms with E-state index in [1.165, 1.54) is 17.1 Å². The van der Waals surface area contributed by atoms with Gasteiger partial charge in [0.2, 0.25) is 0 Å². The first-order chi connectivity index (χ1) is 12.2. The van der Waals surface area contributed by atoms with Crippen molar-refractivity contribution in [1.82, 2.24) is 9.27 Å². The fourth-order valence-electron chi connectivity index (χ4n) is 2.71. The summed E-state index contributed by atoms with van der Waals surface area (Å²) in [6.45, 7) is 0.478. The van der Waals surface area contributed by atoms with Gasteiger partial charge in [0.05, 0.1) is 17.3 Å². The molecule has 1 heterocycles. The first-order valence-electron chi connectivity index (χ1n) is 8.08. The number of carbonyl (C=O) groups is 1. The van der Waals surface area contributed by atoms with Crippen LogP contribution in [0.3, 0.4) is 0 Å². The Kier molecular flexibility index (Phi) is 5.63. The quantitative estimate of drug-likeness (QED) is 0.727. The molecule has 0 radical (unpaired) electrons. The second-order valence-electron chi connectivity index (χ2n) is 5.92. The number of nitrogens with zero attached hydrogens (tertiary/aromatic N) is 2. The maximum absolute atomic E-state index is 12.6. The van der Waals surface area contributed by atoms with Gasteiger partial charge in [-0.15, -0.1) is 0 Å². The number of fused-ring (bicyclic) bond motifs is 1. The molecule has 0 bridgehead atoms. The number of anilines is 1. The van der Waals surface area contributed by atoms with Crippen LogP contribution in [0.5, 0.6) is 0 Å². The highest BCUT2D eigenvalue weighted by Gasteiger charge is 2.20. The Morgan fingerprint density at radius 2 is 2.08 bits per heavy atom. The van der Waals surface area contributed by atoms with Crippen molar-refractivity contribution in [1.29, 1.82) is 0 Å². The van der Waals surface area contributed by atoms with Gasteiger partial charge in [-0.05, 0) is 41.7 Å². The zero-order valence-electron chi connectivity index (χ0n) is 14.3. The van der Waals surface area contributed by atoms with Gasteiger partial charge in [-0.3, -0.25) is 0 Å². The lowest BCUT2D eigenvalue weighted by atomic mass is 10.1. The van der Waals surface area contributed by atoms with E-state index in [-0.39, 0.29) is 12.1 Å². The minimum absolute atomic E-state index is 0.0426. The lowest BCUT2D eigenvalue weighted by Crippen LogP contribution is -2.43. The fraction of sp³-hybridized carbons (Fsp3) is 0.263. The second-order valence-corrected chi connectivity index (χ2v) is 6.75.